The van der Waals surface area contributed by atoms with Crippen molar-refractivity contribution in [1.29, 1.82) is 0 Å². The monoisotopic (exact) mass is 362 g/mol. The highest BCUT2D eigenvalue weighted by Crippen LogP contribution is 2.25. The quantitative estimate of drug-likeness (QED) is 0.771. The van der Waals surface area contributed by atoms with Gasteiger partial charge >= 0.3 is 6.03 Å². The minimum Gasteiger partial charge on any atom is -0.394 e. The van der Waals surface area contributed by atoms with Crippen LogP contribution in [0.2, 0.25) is 0 Å². The number of hydrogen-bond donors (Lipinski definition) is 3. The summed E-state index contributed by atoms with van der Waals surface area (Å²) in [6, 6.07) is 12.5. The molecule has 0 aliphatic heterocycles. The van der Waals surface area contributed by atoms with Gasteiger partial charge < -0.3 is 15.7 Å². The molecule has 2 aromatic rings. The lowest BCUT2D eigenvalue weighted by molar-refractivity contribution is 0.225. The van der Waals surface area contributed by atoms with Crippen LogP contribution in [0.1, 0.15) is 22.7 Å². The Bertz CT molecular complexity index is 636. The van der Waals surface area contributed by atoms with E-state index in [1.165, 1.54) is 0 Å². The molecule has 116 valence electrons. The Hall–Kier alpha value is -1.85. The molecule has 0 fully saturated rings. The first-order valence-corrected chi connectivity index (χ1v) is 7.80. The maximum absolute atomic E-state index is 12.2. The Kier molecular flexibility index (Phi) is 5.57. The predicted octanol–water partition coefficient (Wildman–Crippen LogP) is 3.92. The highest BCUT2D eigenvalue weighted by Gasteiger charge is 2.14. The topological polar surface area (TPSA) is 61.4 Å². The van der Waals surface area contributed by atoms with E-state index in [0.717, 1.165) is 26.9 Å². The molecule has 3 N–H and O–H groups in total. The fourth-order valence-electron chi connectivity index (χ4n) is 2.34. The molecule has 0 saturated heterocycles. The number of aliphatic hydroxyl groups is 1. The Morgan fingerprint density at radius 1 is 1.18 bits per heavy atom. The van der Waals surface area contributed by atoms with Crippen molar-refractivity contribution in [1.82, 2.24) is 5.32 Å². The number of urea groups is 1. The number of aliphatic hydroxyl groups excluding tert-OH is 1. The Morgan fingerprint density at radius 3 is 2.32 bits per heavy atom. The molecule has 0 saturated carbocycles. The molecule has 5 heteroatoms. The van der Waals surface area contributed by atoms with Crippen molar-refractivity contribution in [3.63, 3.8) is 0 Å². The van der Waals surface area contributed by atoms with Gasteiger partial charge in [-0.05, 0) is 42.7 Å². The van der Waals surface area contributed by atoms with Gasteiger partial charge in [0.1, 0.15) is 0 Å². The van der Waals surface area contributed by atoms with Crippen LogP contribution >= 0.6 is 15.9 Å². The van der Waals surface area contributed by atoms with Crippen LogP contribution in [0.5, 0.6) is 0 Å². The molecular formula is C17H19BrN2O2. The van der Waals surface area contributed by atoms with Crippen molar-refractivity contribution < 1.29 is 9.90 Å². The molecule has 0 aliphatic carbocycles. The molecule has 0 radical (unpaired) electrons. The summed E-state index contributed by atoms with van der Waals surface area (Å²) in [5, 5.41) is 15.1. The van der Waals surface area contributed by atoms with Crippen LogP contribution in [-0.2, 0) is 0 Å². The minimum absolute atomic E-state index is 0.157. The summed E-state index contributed by atoms with van der Waals surface area (Å²) < 4.78 is 0.978. The number of aryl methyl sites for hydroxylation is 2. The van der Waals surface area contributed by atoms with E-state index in [0.29, 0.717) is 0 Å². The summed E-state index contributed by atoms with van der Waals surface area (Å²) in [6.45, 7) is 3.72. The third-order valence-corrected chi connectivity index (χ3v) is 3.88. The van der Waals surface area contributed by atoms with Crippen molar-refractivity contribution in [3.05, 3.63) is 63.6 Å². The molecule has 0 aliphatic rings. The summed E-state index contributed by atoms with van der Waals surface area (Å²) in [5.74, 6) is 0. The van der Waals surface area contributed by atoms with Gasteiger partial charge in [0.25, 0.3) is 0 Å². The molecule has 0 aromatic heterocycles. The highest BCUT2D eigenvalue weighted by molar-refractivity contribution is 9.10. The third kappa shape index (κ3) is 4.08. The van der Waals surface area contributed by atoms with E-state index in [-0.39, 0.29) is 12.6 Å². The molecule has 2 rings (SSSR count). The van der Waals surface area contributed by atoms with Gasteiger partial charge in [0.15, 0.2) is 0 Å². The van der Waals surface area contributed by atoms with E-state index < -0.39 is 6.04 Å². The zero-order valence-corrected chi connectivity index (χ0v) is 14.1. The van der Waals surface area contributed by atoms with E-state index in [1.54, 1.807) is 0 Å². The van der Waals surface area contributed by atoms with Crippen LogP contribution < -0.4 is 10.6 Å². The van der Waals surface area contributed by atoms with Crippen molar-refractivity contribution in [2.45, 2.75) is 19.9 Å². The van der Waals surface area contributed by atoms with Gasteiger partial charge in [0.2, 0.25) is 0 Å². The van der Waals surface area contributed by atoms with Gasteiger partial charge in [-0.3, -0.25) is 0 Å². The van der Waals surface area contributed by atoms with Crippen molar-refractivity contribution >= 4 is 27.6 Å². The standard InChI is InChI=1S/C17H19BrN2O2/c1-11-8-14(18)9-12(2)16(11)20-17(22)19-15(10-21)13-6-4-3-5-7-13/h3-9,15,21H,10H2,1-2H3,(H2,19,20,22)/t15-/m1/s1. The normalized spacial score (nSPS) is 11.8. The average Bonchev–Trinajstić information content (AvgIpc) is 2.49. The number of hydrogen-bond acceptors (Lipinski definition) is 2. The van der Waals surface area contributed by atoms with Gasteiger partial charge in [-0.15, -0.1) is 0 Å². The van der Waals surface area contributed by atoms with Crippen molar-refractivity contribution in [2.24, 2.45) is 0 Å². The molecule has 2 aromatic carbocycles. The van der Waals surface area contributed by atoms with Gasteiger partial charge in [0.05, 0.1) is 12.6 Å². The SMILES string of the molecule is Cc1cc(Br)cc(C)c1NC(=O)N[C@H](CO)c1ccccc1. The fourth-order valence-corrected chi connectivity index (χ4v) is 3.02. The first-order valence-electron chi connectivity index (χ1n) is 7.01. The first kappa shape index (κ1) is 16.5. The average molecular weight is 363 g/mol. The number of nitrogens with one attached hydrogen (secondary N) is 2. The molecule has 0 bridgehead atoms. The number of halogens is 1. The number of rotatable bonds is 4. The van der Waals surface area contributed by atoms with Gasteiger partial charge in [-0.2, -0.15) is 0 Å². The zero-order chi connectivity index (χ0) is 16.1. The van der Waals surface area contributed by atoms with Gasteiger partial charge in [-0.25, -0.2) is 4.79 Å². The Labute approximate surface area is 138 Å². The zero-order valence-electron chi connectivity index (χ0n) is 12.6. The molecular weight excluding hydrogens is 344 g/mol. The minimum atomic E-state index is -0.433. The fraction of sp³-hybridized carbons (Fsp3) is 0.235. The number of amides is 2. The molecule has 0 heterocycles. The van der Waals surface area contributed by atoms with E-state index in [1.807, 2.05) is 56.3 Å². The summed E-state index contributed by atoms with van der Waals surface area (Å²) in [5.41, 5.74) is 3.60. The van der Waals surface area contributed by atoms with Crippen molar-refractivity contribution in [3.8, 4) is 0 Å². The number of carbonyl (C=O) groups is 1. The van der Waals surface area contributed by atoms with E-state index in [9.17, 15) is 9.90 Å². The molecule has 2 amide bonds. The van der Waals surface area contributed by atoms with Crippen LogP contribution in [0.3, 0.4) is 0 Å². The summed E-state index contributed by atoms with van der Waals surface area (Å²) in [4.78, 5) is 12.2. The number of benzene rings is 2. The number of carbonyl (C=O) groups excluding carboxylic acids is 1. The summed E-state index contributed by atoms with van der Waals surface area (Å²) in [6.07, 6.45) is 0. The van der Waals surface area contributed by atoms with Crippen LogP contribution in [0.25, 0.3) is 0 Å². The smallest absolute Gasteiger partial charge is 0.319 e. The van der Waals surface area contributed by atoms with Crippen LogP contribution in [0.4, 0.5) is 10.5 Å². The lowest BCUT2D eigenvalue weighted by Crippen LogP contribution is -2.34. The molecule has 1 atom stereocenters. The molecule has 4 nitrogen and oxygen atoms in total. The molecule has 22 heavy (non-hydrogen) atoms. The van der Waals surface area contributed by atoms with E-state index in [2.05, 4.69) is 26.6 Å². The van der Waals surface area contributed by atoms with Gasteiger partial charge in [0, 0.05) is 10.2 Å². The molecule has 0 unspecified atom stereocenters. The van der Waals surface area contributed by atoms with Crippen LogP contribution in [-0.4, -0.2) is 17.7 Å². The third-order valence-electron chi connectivity index (χ3n) is 3.43. The van der Waals surface area contributed by atoms with Gasteiger partial charge in [-0.1, -0.05) is 46.3 Å². The summed E-state index contributed by atoms with van der Waals surface area (Å²) >= 11 is 3.43. The molecule has 0 spiro atoms. The van der Waals surface area contributed by atoms with E-state index in [4.69, 9.17) is 0 Å². The lowest BCUT2D eigenvalue weighted by atomic mass is 10.1. The van der Waals surface area contributed by atoms with Crippen LogP contribution in [0.15, 0.2) is 46.9 Å². The second kappa shape index (κ2) is 7.42. The predicted molar refractivity (Wildman–Crippen MR) is 92.0 cm³/mol. The lowest BCUT2D eigenvalue weighted by Gasteiger charge is -2.19. The largest absolute Gasteiger partial charge is 0.394 e. The maximum Gasteiger partial charge on any atom is 0.319 e. The number of anilines is 1. The first-order chi connectivity index (χ1) is 10.5. The summed E-state index contributed by atoms with van der Waals surface area (Å²) in [7, 11) is 0. The highest BCUT2D eigenvalue weighted by atomic mass is 79.9. The van der Waals surface area contributed by atoms with Crippen molar-refractivity contribution in [2.75, 3.05) is 11.9 Å². The van der Waals surface area contributed by atoms with Crippen LogP contribution in [0, 0.1) is 13.8 Å². The second-order valence-electron chi connectivity index (χ2n) is 5.16. The Morgan fingerprint density at radius 2 is 1.77 bits per heavy atom. The van der Waals surface area contributed by atoms with E-state index >= 15 is 0 Å². The Balaban J connectivity index is 2.10. The maximum atomic E-state index is 12.2. The second-order valence-corrected chi connectivity index (χ2v) is 6.07.